The van der Waals surface area contributed by atoms with E-state index in [4.69, 9.17) is 37.4 Å². The molecule has 0 aromatic heterocycles. The molecule has 42 heavy (non-hydrogen) atoms. The average Bonchev–Trinajstić information content (AvgIpc) is 2.99. The van der Waals surface area contributed by atoms with Crippen LogP contribution >= 0.6 is 23.2 Å². The molecule has 218 valence electrons. The Bertz CT molecular complexity index is 1680. The lowest BCUT2D eigenvalue weighted by Crippen LogP contribution is -2.39. The van der Waals surface area contributed by atoms with E-state index >= 15 is 0 Å². The molecule has 0 aliphatic carbocycles. The van der Waals surface area contributed by atoms with Crippen LogP contribution in [0.5, 0.6) is 17.2 Å². The zero-order chi connectivity index (χ0) is 30.1. The molecule has 9 nitrogen and oxygen atoms in total. The molecule has 0 aliphatic heterocycles. The van der Waals surface area contributed by atoms with Crippen molar-refractivity contribution >= 4 is 51.0 Å². The normalized spacial score (nSPS) is 11.2. The summed E-state index contributed by atoms with van der Waals surface area (Å²) < 4.78 is 44.4. The molecule has 4 aromatic carbocycles. The van der Waals surface area contributed by atoms with Gasteiger partial charge in [-0.3, -0.25) is 9.10 Å². The summed E-state index contributed by atoms with van der Waals surface area (Å²) in [5.74, 6) is 0.775. The van der Waals surface area contributed by atoms with Crippen molar-refractivity contribution in [1.82, 2.24) is 5.43 Å². The van der Waals surface area contributed by atoms with Gasteiger partial charge in [-0.25, -0.2) is 13.8 Å². The SMILES string of the molecule is COc1ccc(S(=O)(=O)N(CC(=O)N/N=C\c2ccc(OCc3ccccc3Cl)c(OC)c2)c2cccc(Cl)c2)cc1. The third-order valence-electron chi connectivity index (χ3n) is 5.96. The molecule has 0 radical (unpaired) electrons. The van der Waals surface area contributed by atoms with E-state index in [0.717, 1.165) is 9.87 Å². The average molecular weight is 629 g/mol. The van der Waals surface area contributed by atoms with Crippen molar-refractivity contribution in [3.8, 4) is 17.2 Å². The number of nitrogens with one attached hydrogen (secondary N) is 1. The minimum Gasteiger partial charge on any atom is -0.497 e. The Morgan fingerprint density at radius 2 is 1.67 bits per heavy atom. The zero-order valence-electron chi connectivity index (χ0n) is 22.7. The first kappa shape index (κ1) is 30.7. The third kappa shape index (κ3) is 7.73. The highest BCUT2D eigenvalue weighted by molar-refractivity contribution is 7.92. The van der Waals surface area contributed by atoms with Gasteiger partial charge in [-0.05, 0) is 72.3 Å². The second kappa shape index (κ2) is 14.1. The van der Waals surface area contributed by atoms with Crippen LogP contribution in [0.3, 0.4) is 0 Å². The Balaban J connectivity index is 1.46. The van der Waals surface area contributed by atoms with Crippen molar-refractivity contribution < 1.29 is 27.4 Å². The highest BCUT2D eigenvalue weighted by atomic mass is 35.5. The van der Waals surface area contributed by atoms with Crippen LogP contribution in [0.2, 0.25) is 10.0 Å². The molecule has 0 atom stereocenters. The molecule has 12 heteroatoms. The molecule has 0 saturated heterocycles. The summed E-state index contributed by atoms with van der Waals surface area (Å²) >= 11 is 12.3. The Hall–Kier alpha value is -4.25. The molecule has 0 aliphatic rings. The highest BCUT2D eigenvalue weighted by Gasteiger charge is 2.27. The van der Waals surface area contributed by atoms with E-state index in [1.165, 1.54) is 50.8 Å². The van der Waals surface area contributed by atoms with E-state index in [-0.39, 0.29) is 17.2 Å². The fourth-order valence-corrected chi connectivity index (χ4v) is 5.61. The first-order valence-corrected chi connectivity index (χ1v) is 14.7. The van der Waals surface area contributed by atoms with E-state index in [9.17, 15) is 13.2 Å². The van der Waals surface area contributed by atoms with Gasteiger partial charge in [-0.2, -0.15) is 5.10 Å². The number of anilines is 1. The highest BCUT2D eigenvalue weighted by Crippen LogP contribution is 2.30. The molecule has 0 fully saturated rings. The summed E-state index contributed by atoms with van der Waals surface area (Å²) in [5, 5.41) is 4.90. The first-order chi connectivity index (χ1) is 20.2. The van der Waals surface area contributed by atoms with Crippen LogP contribution in [-0.2, 0) is 21.4 Å². The smallest absolute Gasteiger partial charge is 0.264 e. The van der Waals surface area contributed by atoms with Gasteiger partial charge in [-0.1, -0.05) is 47.5 Å². The summed E-state index contributed by atoms with van der Waals surface area (Å²) in [5.41, 5.74) is 4.03. The number of rotatable bonds is 12. The van der Waals surface area contributed by atoms with E-state index < -0.39 is 22.5 Å². The number of hydrazone groups is 1. The number of benzene rings is 4. The summed E-state index contributed by atoms with van der Waals surface area (Å²) in [6, 6.07) is 24.5. The number of nitrogens with zero attached hydrogens (tertiary/aromatic N) is 2. The van der Waals surface area contributed by atoms with Crippen LogP contribution in [0.1, 0.15) is 11.1 Å². The number of sulfonamides is 1. The second-order valence-corrected chi connectivity index (χ2v) is 11.5. The van der Waals surface area contributed by atoms with E-state index in [1.54, 1.807) is 42.5 Å². The first-order valence-electron chi connectivity index (χ1n) is 12.5. The molecule has 0 heterocycles. The number of ether oxygens (including phenoxy) is 3. The largest absolute Gasteiger partial charge is 0.497 e. The maximum Gasteiger partial charge on any atom is 0.264 e. The van der Waals surface area contributed by atoms with Crippen LogP contribution in [0.25, 0.3) is 0 Å². The van der Waals surface area contributed by atoms with Crippen LogP contribution in [0.15, 0.2) is 101 Å². The molecule has 0 bridgehead atoms. The monoisotopic (exact) mass is 627 g/mol. The number of hydrogen-bond acceptors (Lipinski definition) is 7. The van der Waals surface area contributed by atoms with Gasteiger partial charge in [0.05, 0.1) is 31.0 Å². The summed E-state index contributed by atoms with van der Waals surface area (Å²) in [4.78, 5) is 12.8. The molecule has 4 rings (SSSR count). The molecule has 0 unspecified atom stereocenters. The summed E-state index contributed by atoms with van der Waals surface area (Å²) in [7, 11) is -1.16. The number of carbonyl (C=O) groups excluding carboxylic acids is 1. The second-order valence-electron chi connectivity index (χ2n) is 8.75. The van der Waals surface area contributed by atoms with E-state index in [2.05, 4.69) is 10.5 Å². The predicted molar refractivity (Wildman–Crippen MR) is 163 cm³/mol. The maximum absolute atomic E-state index is 13.5. The number of carbonyl (C=O) groups is 1. The van der Waals surface area contributed by atoms with Crippen LogP contribution in [0, 0.1) is 0 Å². The number of methoxy groups -OCH3 is 2. The van der Waals surface area contributed by atoms with Crippen molar-refractivity contribution in [1.29, 1.82) is 0 Å². The maximum atomic E-state index is 13.5. The minimum atomic E-state index is -4.14. The molecule has 1 amide bonds. The molecule has 0 saturated carbocycles. The van der Waals surface area contributed by atoms with Crippen molar-refractivity contribution in [3.05, 3.63) is 112 Å². The lowest BCUT2D eigenvalue weighted by Gasteiger charge is -2.24. The standard InChI is InChI=1S/C30H27Cl2N3O6S/c1-39-25-11-13-26(14-12-25)42(37,38)35(24-8-5-7-23(31)17-24)19-30(36)34-33-18-21-10-15-28(29(16-21)40-2)41-20-22-6-3-4-9-27(22)32/h3-18H,19-20H2,1-2H3,(H,34,36)/b33-18-. The Morgan fingerprint density at radius 1 is 0.905 bits per heavy atom. The van der Waals surface area contributed by atoms with Gasteiger partial charge in [0.2, 0.25) is 0 Å². The van der Waals surface area contributed by atoms with Crippen molar-refractivity contribution in [2.24, 2.45) is 5.10 Å². The summed E-state index contributed by atoms with van der Waals surface area (Å²) in [6.45, 7) is -0.299. The Labute approximate surface area is 254 Å². The number of hydrogen-bond donors (Lipinski definition) is 1. The van der Waals surface area contributed by atoms with Crippen LogP contribution in [-0.4, -0.2) is 41.3 Å². The van der Waals surface area contributed by atoms with E-state index in [0.29, 0.717) is 32.9 Å². The van der Waals surface area contributed by atoms with E-state index in [1.807, 2.05) is 18.2 Å². The number of halogens is 2. The third-order valence-corrected chi connectivity index (χ3v) is 8.35. The Kier molecular flexibility index (Phi) is 10.3. The van der Waals surface area contributed by atoms with Gasteiger partial charge < -0.3 is 14.2 Å². The topological polar surface area (TPSA) is 107 Å². The Morgan fingerprint density at radius 3 is 2.36 bits per heavy atom. The molecule has 0 spiro atoms. The minimum absolute atomic E-state index is 0.0245. The van der Waals surface area contributed by atoms with Crippen LogP contribution in [0.4, 0.5) is 5.69 Å². The predicted octanol–water partition coefficient (Wildman–Crippen LogP) is 5.94. The summed E-state index contributed by atoms with van der Waals surface area (Å²) in [6.07, 6.45) is 1.40. The fourth-order valence-electron chi connectivity index (χ4n) is 3.82. The van der Waals surface area contributed by atoms with Crippen molar-refractivity contribution in [3.63, 3.8) is 0 Å². The molecular weight excluding hydrogens is 601 g/mol. The molecule has 1 N–H and O–H groups in total. The van der Waals surface area contributed by atoms with Gasteiger partial charge in [0, 0.05) is 15.6 Å². The van der Waals surface area contributed by atoms with Gasteiger partial charge in [0.15, 0.2) is 11.5 Å². The van der Waals surface area contributed by atoms with Crippen molar-refractivity contribution in [2.45, 2.75) is 11.5 Å². The number of amides is 1. The quantitative estimate of drug-likeness (QED) is 0.154. The lowest BCUT2D eigenvalue weighted by atomic mass is 10.2. The van der Waals surface area contributed by atoms with Gasteiger partial charge in [0.25, 0.3) is 15.9 Å². The molecule has 4 aromatic rings. The molecular formula is C30H27Cl2N3O6S. The zero-order valence-corrected chi connectivity index (χ0v) is 25.0. The van der Waals surface area contributed by atoms with Crippen molar-refractivity contribution in [2.75, 3.05) is 25.1 Å². The lowest BCUT2D eigenvalue weighted by molar-refractivity contribution is -0.119. The van der Waals surface area contributed by atoms with Gasteiger partial charge >= 0.3 is 0 Å². The van der Waals surface area contributed by atoms with Gasteiger partial charge in [-0.15, -0.1) is 0 Å². The van der Waals surface area contributed by atoms with Gasteiger partial charge in [0.1, 0.15) is 18.9 Å². The van der Waals surface area contributed by atoms with Crippen LogP contribution < -0.4 is 23.9 Å². The fraction of sp³-hybridized carbons (Fsp3) is 0.133.